The van der Waals surface area contributed by atoms with Crippen molar-refractivity contribution in [1.82, 2.24) is 10.2 Å². The van der Waals surface area contributed by atoms with Crippen molar-refractivity contribution in [3.63, 3.8) is 0 Å². The first kappa shape index (κ1) is 10.3. The lowest BCUT2D eigenvalue weighted by Crippen LogP contribution is -2.04. The molecule has 0 amide bonds. The molecule has 0 spiro atoms. The molecule has 1 heterocycles. The molecule has 1 aliphatic carbocycles. The third-order valence-corrected chi connectivity index (χ3v) is 2.97. The highest BCUT2D eigenvalue weighted by atomic mass is 16.4. The SMILES string of the molecule is NCc1nnc(NC2CC2c2ccccc2)o1. The lowest BCUT2D eigenvalue weighted by molar-refractivity contribution is 0.507. The topological polar surface area (TPSA) is 77.0 Å². The second-order valence-electron chi connectivity index (χ2n) is 4.21. The molecule has 5 heteroatoms. The molecule has 1 aromatic heterocycles. The molecule has 3 N–H and O–H groups in total. The van der Waals surface area contributed by atoms with E-state index in [-0.39, 0.29) is 6.54 Å². The average molecular weight is 230 g/mol. The van der Waals surface area contributed by atoms with E-state index >= 15 is 0 Å². The summed E-state index contributed by atoms with van der Waals surface area (Å²) < 4.78 is 5.31. The van der Waals surface area contributed by atoms with E-state index in [1.165, 1.54) is 5.56 Å². The monoisotopic (exact) mass is 230 g/mol. The highest BCUT2D eigenvalue weighted by Gasteiger charge is 2.39. The molecule has 88 valence electrons. The van der Waals surface area contributed by atoms with Crippen LogP contribution in [0.5, 0.6) is 0 Å². The van der Waals surface area contributed by atoms with Crippen molar-refractivity contribution in [2.45, 2.75) is 24.9 Å². The van der Waals surface area contributed by atoms with E-state index in [0.29, 0.717) is 23.9 Å². The largest absolute Gasteiger partial charge is 0.407 e. The Morgan fingerprint density at radius 1 is 1.29 bits per heavy atom. The molecule has 0 aliphatic heterocycles. The molecule has 5 nitrogen and oxygen atoms in total. The van der Waals surface area contributed by atoms with E-state index in [2.05, 4.69) is 39.8 Å². The number of nitrogens with two attached hydrogens (primary N) is 1. The van der Waals surface area contributed by atoms with Crippen molar-refractivity contribution < 1.29 is 4.42 Å². The first-order valence-electron chi connectivity index (χ1n) is 5.71. The minimum atomic E-state index is 0.279. The number of rotatable bonds is 4. The summed E-state index contributed by atoms with van der Waals surface area (Å²) in [5.41, 5.74) is 6.75. The van der Waals surface area contributed by atoms with Crippen LogP contribution in [0.1, 0.15) is 23.8 Å². The lowest BCUT2D eigenvalue weighted by atomic mass is 10.1. The smallest absolute Gasteiger partial charge is 0.315 e. The van der Waals surface area contributed by atoms with Crippen LogP contribution in [-0.4, -0.2) is 16.2 Å². The highest BCUT2D eigenvalue weighted by molar-refractivity contribution is 5.35. The Morgan fingerprint density at radius 2 is 2.12 bits per heavy atom. The van der Waals surface area contributed by atoms with Gasteiger partial charge in [0.15, 0.2) is 0 Å². The van der Waals surface area contributed by atoms with E-state index in [0.717, 1.165) is 6.42 Å². The van der Waals surface area contributed by atoms with E-state index in [9.17, 15) is 0 Å². The van der Waals surface area contributed by atoms with Crippen LogP contribution in [0.15, 0.2) is 34.7 Å². The average Bonchev–Trinajstić information content (AvgIpc) is 2.98. The van der Waals surface area contributed by atoms with Crippen LogP contribution >= 0.6 is 0 Å². The van der Waals surface area contributed by atoms with Gasteiger partial charge in [0.1, 0.15) is 0 Å². The Labute approximate surface area is 99.0 Å². The Kier molecular flexibility index (Phi) is 2.53. The maximum absolute atomic E-state index is 5.40. The molecule has 1 aromatic carbocycles. The third kappa shape index (κ3) is 2.14. The predicted octanol–water partition coefficient (Wildman–Crippen LogP) is 1.50. The molecule has 0 saturated heterocycles. The van der Waals surface area contributed by atoms with Gasteiger partial charge in [-0.2, -0.15) is 0 Å². The number of hydrogen-bond acceptors (Lipinski definition) is 5. The standard InChI is InChI=1S/C12H14N4O/c13-7-11-15-16-12(17-11)14-10-6-9(10)8-4-2-1-3-5-8/h1-5,9-10H,6-7,13H2,(H,14,16). The summed E-state index contributed by atoms with van der Waals surface area (Å²) in [6.45, 7) is 0.279. The van der Waals surface area contributed by atoms with Crippen molar-refractivity contribution >= 4 is 6.01 Å². The zero-order valence-electron chi connectivity index (χ0n) is 9.34. The molecule has 2 unspecified atom stereocenters. The molecule has 3 rings (SSSR count). The molecule has 1 saturated carbocycles. The third-order valence-electron chi connectivity index (χ3n) is 2.97. The van der Waals surface area contributed by atoms with Crippen molar-refractivity contribution in [2.75, 3.05) is 5.32 Å². The van der Waals surface area contributed by atoms with Crippen LogP contribution < -0.4 is 11.1 Å². The summed E-state index contributed by atoms with van der Waals surface area (Å²) in [6, 6.07) is 11.3. The van der Waals surface area contributed by atoms with E-state index in [4.69, 9.17) is 10.2 Å². The van der Waals surface area contributed by atoms with E-state index in [1.54, 1.807) is 0 Å². The van der Waals surface area contributed by atoms with Crippen LogP contribution in [0.3, 0.4) is 0 Å². The van der Waals surface area contributed by atoms with Crippen LogP contribution in [0.25, 0.3) is 0 Å². The molecule has 1 fully saturated rings. The predicted molar refractivity (Wildman–Crippen MR) is 63.4 cm³/mol. The van der Waals surface area contributed by atoms with Gasteiger partial charge in [-0.05, 0) is 12.0 Å². The van der Waals surface area contributed by atoms with Crippen molar-refractivity contribution in [1.29, 1.82) is 0 Å². The first-order valence-corrected chi connectivity index (χ1v) is 5.71. The van der Waals surface area contributed by atoms with Crippen molar-refractivity contribution in [3.05, 3.63) is 41.8 Å². The minimum absolute atomic E-state index is 0.279. The quantitative estimate of drug-likeness (QED) is 0.832. The fourth-order valence-electron chi connectivity index (χ4n) is 1.98. The van der Waals surface area contributed by atoms with Gasteiger partial charge < -0.3 is 15.5 Å². The summed E-state index contributed by atoms with van der Waals surface area (Å²) in [5, 5.41) is 10.9. The molecule has 17 heavy (non-hydrogen) atoms. The number of hydrogen-bond donors (Lipinski definition) is 2. The first-order chi connectivity index (χ1) is 8.36. The highest BCUT2D eigenvalue weighted by Crippen LogP contribution is 2.42. The van der Waals surface area contributed by atoms with Crippen LogP contribution in [0, 0.1) is 0 Å². The summed E-state index contributed by atoms with van der Waals surface area (Å²) in [4.78, 5) is 0. The number of nitrogens with zero attached hydrogens (tertiary/aromatic N) is 2. The van der Waals surface area contributed by atoms with Gasteiger partial charge in [0.05, 0.1) is 6.54 Å². The number of anilines is 1. The summed E-state index contributed by atoms with van der Waals surface area (Å²) >= 11 is 0. The van der Waals surface area contributed by atoms with Crippen molar-refractivity contribution in [3.8, 4) is 0 Å². The fourth-order valence-corrected chi connectivity index (χ4v) is 1.98. The normalized spacial score (nSPS) is 22.4. The van der Waals surface area contributed by atoms with Gasteiger partial charge in [0, 0.05) is 12.0 Å². The minimum Gasteiger partial charge on any atom is -0.407 e. The summed E-state index contributed by atoms with van der Waals surface area (Å²) in [6.07, 6.45) is 1.10. The summed E-state index contributed by atoms with van der Waals surface area (Å²) in [7, 11) is 0. The van der Waals surface area contributed by atoms with Gasteiger partial charge in [-0.1, -0.05) is 35.4 Å². The van der Waals surface area contributed by atoms with Gasteiger partial charge >= 0.3 is 6.01 Å². The van der Waals surface area contributed by atoms with Crippen LogP contribution in [0.2, 0.25) is 0 Å². The second kappa shape index (κ2) is 4.18. The Morgan fingerprint density at radius 3 is 2.82 bits per heavy atom. The van der Waals surface area contributed by atoms with Gasteiger partial charge in [0.25, 0.3) is 0 Å². The van der Waals surface area contributed by atoms with Crippen molar-refractivity contribution in [2.24, 2.45) is 5.73 Å². The van der Waals surface area contributed by atoms with Crippen LogP contribution in [0.4, 0.5) is 6.01 Å². The zero-order chi connectivity index (χ0) is 11.7. The Balaban J connectivity index is 1.62. The summed E-state index contributed by atoms with van der Waals surface area (Å²) in [5.74, 6) is 1.01. The molecular formula is C12H14N4O. The van der Waals surface area contributed by atoms with E-state index < -0.39 is 0 Å². The number of nitrogens with one attached hydrogen (secondary N) is 1. The number of aromatic nitrogens is 2. The lowest BCUT2D eigenvalue weighted by Gasteiger charge is -2.00. The molecule has 2 atom stereocenters. The zero-order valence-corrected chi connectivity index (χ0v) is 9.34. The van der Waals surface area contributed by atoms with Gasteiger partial charge in [-0.3, -0.25) is 0 Å². The molecule has 0 radical (unpaired) electrons. The maximum Gasteiger partial charge on any atom is 0.315 e. The van der Waals surface area contributed by atoms with Crippen LogP contribution in [-0.2, 0) is 6.54 Å². The number of benzene rings is 1. The second-order valence-corrected chi connectivity index (χ2v) is 4.21. The molecule has 0 bridgehead atoms. The molecule has 2 aromatic rings. The molecular weight excluding hydrogens is 216 g/mol. The fraction of sp³-hybridized carbons (Fsp3) is 0.333. The van der Waals surface area contributed by atoms with Gasteiger partial charge in [-0.25, -0.2) is 0 Å². The van der Waals surface area contributed by atoms with Gasteiger partial charge in [0.2, 0.25) is 5.89 Å². The molecule has 1 aliphatic rings. The Bertz CT molecular complexity index is 496. The van der Waals surface area contributed by atoms with Gasteiger partial charge in [-0.15, -0.1) is 5.10 Å². The Hall–Kier alpha value is -1.88. The maximum atomic E-state index is 5.40. The van der Waals surface area contributed by atoms with E-state index in [1.807, 2.05) is 6.07 Å².